The number of aromatic nitrogens is 1. The van der Waals surface area contributed by atoms with E-state index < -0.39 is 10.7 Å². The van der Waals surface area contributed by atoms with Crippen molar-refractivity contribution in [3.05, 3.63) is 63.4 Å². The van der Waals surface area contributed by atoms with Gasteiger partial charge in [0.2, 0.25) is 0 Å². The fourth-order valence-electron chi connectivity index (χ4n) is 2.80. The molecule has 4 rings (SSSR count). The lowest BCUT2D eigenvalue weighted by Gasteiger charge is -2.11. The monoisotopic (exact) mass is 401 g/mol. The number of thiophene rings is 1. The second-order valence-corrected chi connectivity index (χ2v) is 6.84. The Bertz CT molecular complexity index is 1030. The maximum absolute atomic E-state index is 14.1. The van der Waals surface area contributed by atoms with E-state index in [2.05, 4.69) is 16.4 Å². The fourth-order valence-corrected chi connectivity index (χ4v) is 3.94. The van der Waals surface area contributed by atoms with Gasteiger partial charge in [-0.05, 0) is 30.7 Å². The lowest BCUT2D eigenvalue weighted by Crippen LogP contribution is -2.19. The molecule has 1 aliphatic rings. The average Bonchev–Trinajstić information content (AvgIpc) is 3.17. The van der Waals surface area contributed by atoms with Crippen LogP contribution in [0.4, 0.5) is 10.1 Å². The number of nitro groups is 1. The zero-order chi connectivity index (χ0) is 20.1. The number of hydrogen-bond donors (Lipinski definition) is 1. The van der Waals surface area contributed by atoms with Crippen LogP contribution in [-0.4, -0.2) is 23.0 Å². The van der Waals surface area contributed by atoms with Crippen molar-refractivity contribution in [1.29, 1.82) is 0 Å². The van der Waals surface area contributed by atoms with Gasteiger partial charge in [0.05, 0.1) is 21.2 Å². The van der Waals surface area contributed by atoms with Gasteiger partial charge >= 0.3 is 0 Å². The van der Waals surface area contributed by atoms with Crippen molar-refractivity contribution >= 4 is 32.8 Å². The number of ether oxygens (including phenoxy) is 1. The summed E-state index contributed by atoms with van der Waals surface area (Å²) in [6.07, 6.45) is 4.71. The van der Waals surface area contributed by atoms with Crippen LogP contribution >= 0.6 is 11.3 Å². The maximum atomic E-state index is 14.1. The van der Waals surface area contributed by atoms with Crippen LogP contribution in [0.25, 0.3) is 15.8 Å². The number of pyridine rings is 1. The quantitative estimate of drug-likeness (QED) is 0.459. The molecular weight excluding hydrogens is 381 g/mol. The fraction of sp³-hybridized carbons (Fsp3) is 0.250. The molecule has 28 heavy (non-hydrogen) atoms. The molecule has 3 aromatic rings. The number of nitrogens with zero attached hydrogens (tertiary/aromatic N) is 2. The van der Waals surface area contributed by atoms with Crippen LogP contribution in [-0.2, 0) is 0 Å². The van der Waals surface area contributed by atoms with Gasteiger partial charge in [-0.15, -0.1) is 11.3 Å². The summed E-state index contributed by atoms with van der Waals surface area (Å²) >= 11 is 1.55. The van der Waals surface area contributed by atoms with Crippen LogP contribution in [0.3, 0.4) is 0 Å². The Morgan fingerprint density at radius 1 is 1.25 bits per heavy atom. The third kappa shape index (κ3) is 4.18. The largest absolute Gasteiger partial charge is 0.453 e. The molecule has 0 spiro atoms. The third-order valence-corrected chi connectivity index (χ3v) is 5.32. The lowest BCUT2D eigenvalue weighted by molar-refractivity contribution is -0.385. The molecule has 1 N–H and O–H groups in total. The summed E-state index contributed by atoms with van der Waals surface area (Å²) in [5.74, 6) is -0.352. The van der Waals surface area contributed by atoms with E-state index in [9.17, 15) is 14.5 Å². The van der Waals surface area contributed by atoms with Gasteiger partial charge in [0.25, 0.3) is 5.69 Å². The topological polar surface area (TPSA) is 77.3 Å². The molecule has 2 aromatic heterocycles. The zero-order valence-corrected chi connectivity index (χ0v) is 16.4. The summed E-state index contributed by atoms with van der Waals surface area (Å²) in [6, 6.07) is 7.02. The molecule has 0 amide bonds. The summed E-state index contributed by atoms with van der Waals surface area (Å²) in [5, 5.41) is 14.0. The maximum Gasteiger partial charge on any atom is 0.272 e. The molecule has 0 unspecified atom stereocenters. The Kier molecular flexibility index (Phi) is 6.33. The van der Waals surface area contributed by atoms with Gasteiger partial charge in [-0.3, -0.25) is 15.1 Å². The number of rotatable bonds is 4. The average molecular weight is 401 g/mol. The third-order valence-electron chi connectivity index (χ3n) is 4.10. The van der Waals surface area contributed by atoms with Gasteiger partial charge in [-0.25, -0.2) is 4.39 Å². The molecule has 0 bridgehead atoms. The number of benzene rings is 1. The Labute approximate surface area is 165 Å². The van der Waals surface area contributed by atoms with E-state index in [-0.39, 0.29) is 11.4 Å². The van der Waals surface area contributed by atoms with Crippen molar-refractivity contribution in [2.24, 2.45) is 0 Å². The summed E-state index contributed by atoms with van der Waals surface area (Å²) in [4.78, 5) is 15.6. The van der Waals surface area contributed by atoms with E-state index in [1.54, 1.807) is 23.6 Å². The highest BCUT2D eigenvalue weighted by molar-refractivity contribution is 7.20. The molecule has 8 heteroatoms. The Hall–Kier alpha value is -2.84. The van der Waals surface area contributed by atoms with Crippen LogP contribution in [0.2, 0.25) is 0 Å². The highest BCUT2D eigenvalue weighted by Crippen LogP contribution is 2.39. The van der Waals surface area contributed by atoms with E-state index in [4.69, 9.17) is 4.74 Å². The van der Waals surface area contributed by atoms with Crippen LogP contribution in [0.1, 0.15) is 25.1 Å². The summed E-state index contributed by atoms with van der Waals surface area (Å²) < 4.78 is 20.7. The van der Waals surface area contributed by atoms with Gasteiger partial charge in [-0.1, -0.05) is 19.9 Å². The van der Waals surface area contributed by atoms with Crippen molar-refractivity contribution in [2.45, 2.75) is 20.3 Å². The second kappa shape index (κ2) is 8.90. The number of fused-ring (bicyclic) bond motifs is 1. The molecule has 0 saturated carbocycles. The summed E-state index contributed by atoms with van der Waals surface area (Å²) in [5.41, 5.74) is 1.73. The van der Waals surface area contributed by atoms with E-state index in [1.807, 2.05) is 19.9 Å². The first-order valence-corrected chi connectivity index (χ1v) is 9.84. The Morgan fingerprint density at radius 2 is 2.07 bits per heavy atom. The smallest absolute Gasteiger partial charge is 0.272 e. The SMILES string of the molecule is CC.O=[N+]([O-])c1ccc(Oc2ccnc3cc(C4=CCNCC4)sc23)c(F)c1. The van der Waals surface area contributed by atoms with Crippen molar-refractivity contribution in [3.8, 4) is 11.5 Å². The first-order chi connectivity index (χ1) is 13.6. The zero-order valence-electron chi connectivity index (χ0n) is 15.6. The van der Waals surface area contributed by atoms with Gasteiger partial charge in [0.15, 0.2) is 11.6 Å². The van der Waals surface area contributed by atoms with E-state index in [0.717, 1.165) is 40.7 Å². The van der Waals surface area contributed by atoms with Crippen LogP contribution in [0.5, 0.6) is 11.5 Å². The molecule has 0 saturated heterocycles. The number of halogens is 1. The van der Waals surface area contributed by atoms with E-state index in [1.165, 1.54) is 17.7 Å². The molecule has 6 nitrogen and oxygen atoms in total. The molecular formula is C20H20FN3O3S. The minimum absolute atomic E-state index is 0.0564. The van der Waals surface area contributed by atoms with Gasteiger partial charge in [0, 0.05) is 29.8 Å². The molecule has 0 aliphatic carbocycles. The second-order valence-electron chi connectivity index (χ2n) is 5.79. The summed E-state index contributed by atoms with van der Waals surface area (Å²) in [7, 11) is 0. The molecule has 0 radical (unpaired) electrons. The van der Waals surface area contributed by atoms with Crippen molar-refractivity contribution < 1.29 is 14.1 Å². The number of non-ortho nitro benzene ring substituents is 1. The number of hydrogen-bond acceptors (Lipinski definition) is 6. The van der Waals surface area contributed by atoms with E-state index in [0.29, 0.717) is 5.75 Å². The number of nitrogens with one attached hydrogen (secondary N) is 1. The molecule has 0 atom stereocenters. The highest BCUT2D eigenvalue weighted by Gasteiger charge is 2.16. The van der Waals surface area contributed by atoms with Crippen molar-refractivity contribution in [1.82, 2.24) is 10.3 Å². The Morgan fingerprint density at radius 3 is 2.75 bits per heavy atom. The normalized spacial score (nSPS) is 13.5. The van der Waals surface area contributed by atoms with Crippen molar-refractivity contribution in [3.63, 3.8) is 0 Å². The predicted octanol–water partition coefficient (Wildman–Crippen LogP) is 5.54. The molecule has 1 aromatic carbocycles. The van der Waals surface area contributed by atoms with Crippen molar-refractivity contribution in [2.75, 3.05) is 13.1 Å². The van der Waals surface area contributed by atoms with Crippen LogP contribution in [0, 0.1) is 15.9 Å². The molecule has 3 heterocycles. The molecule has 1 aliphatic heterocycles. The Balaban J connectivity index is 0.00000109. The molecule has 0 fully saturated rings. The molecule has 146 valence electrons. The minimum Gasteiger partial charge on any atom is -0.453 e. The minimum atomic E-state index is -0.776. The predicted molar refractivity (Wildman–Crippen MR) is 110 cm³/mol. The highest BCUT2D eigenvalue weighted by atomic mass is 32.1. The van der Waals surface area contributed by atoms with Gasteiger partial charge in [-0.2, -0.15) is 0 Å². The van der Waals surface area contributed by atoms with Crippen LogP contribution in [0.15, 0.2) is 42.6 Å². The number of nitro benzene ring substituents is 1. The van der Waals surface area contributed by atoms with Crippen LogP contribution < -0.4 is 10.1 Å². The van der Waals surface area contributed by atoms with Gasteiger partial charge in [0.1, 0.15) is 5.75 Å². The standard InChI is InChI=1S/C18H14FN3O3S.C2H6/c19-13-9-12(22(23)24)1-2-15(13)25-16-5-8-21-14-10-17(26-18(14)16)11-3-6-20-7-4-11;1-2/h1-3,5,8-10,20H,4,6-7H2;1-2H3. The first-order valence-electron chi connectivity index (χ1n) is 9.02. The lowest BCUT2D eigenvalue weighted by atomic mass is 10.1. The first kappa shape index (κ1) is 19.9. The van der Waals surface area contributed by atoms with E-state index >= 15 is 0 Å². The van der Waals surface area contributed by atoms with Gasteiger partial charge < -0.3 is 10.1 Å². The summed E-state index contributed by atoms with van der Waals surface area (Å²) in [6.45, 7) is 5.78.